The van der Waals surface area contributed by atoms with Gasteiger partial charge in [-0.25, -0.2) is 4.79 Å². The van der Waals surface area contributed by atoms with Crippen molar-refractivity contribution < 1.29 is 42.2 Å². The number of esters is 1. The molecule has 0 atom stereocenters. The molecule has 0 spiro atoms. The summed E-state index contributed by atoms with van der Waals surface area (Å²) in [4.78, 5) is 83.3. The van der Waals surface area contributed by atoms with Crippen molar-refractivity contribution in [2.45, 2.75) is 32.8 Å². The van der Waals surface area contributed by atoms with E-state index >= 15 is 0 Å². The van der Waals surface area contributed by atoms with E-state index < -0.39 is 40.1 Å². The minimum Gasteiger partial charge on any atom is -0.503 e. The average molecular weight is 1160 g/mol. The van der Waals surface area contributed by atoms with Crippen molar-refractivity contribution in [3.63, 3.8) is 0 Å². The molecule has 5 aromatic heterocycles. The van der Waals surface area contributed by atoms with Gasteiger partial charge < -0.3 is 64.2 Å². The molecule has 0 saturated heterocycles. The molecule has 5 aromatic carbocycles. The number of aromatic amines is 1. The van der Waals surface area contributed by atoms with E-state index in [9.17, 15) is 48.9 Å². The Morgan fingerprint density at radius 2 is 0.871 bits per heavy atom. The van der Waals surface area contributed by atoms with Gasteiger partial charge in [0.1, 0.15) is 12.2 Å². The van der Waals surface area contributed by atoms with E-state index in [1.807, 2.05) is 158 Å². The number of carbonyl (C=O) groups is 2. The van der Waals surface area contributed by atoms with E-state index in [1.54, 1.807) is 35.2 Å². The summed E-state index contributed by atoms with van der Waals surface area (Å²) in [6.45, 7) is 2.06. The number of benzene rings is 5. The largest absolute Gasteiger partial charge is 0.503 e. The number of nitrogens with zero attached hydrogens (tertiary/aromatic N) is 4. The standard InChI is InChI=1S/C19H17NO2.C14H14N2O3.C14H13NO4.C12H11NO2.C5H5NO2.CH5N/c21-19-18(22-15-17-10-5-2-6-11-17)12-7-13-20(19)14-16-8-3-1-4-9-16;1-15-13(18)11-7-8-16(14(19)12(11)17)9-10-5-3-2-4-6-10;1-19-14(18)11-7-8-15(13(17)12(11)16)9-10-5-3-2-4-6-10;14-11-7-4-8-13(12(11)15)9-10-5-2-1-3-6-10;7-4-2-1-3-6-5(4)8;1-2/h1-13H,14-15H2;2-8,17H,9H2,1H3,(H,15,18);2-8,16H,9H2,1H3;1-8,14H,9H2;1-3,7H,(H,6,8);2H2,1H3/i;1T;;;;1T. The van der Waals surface area contributed by atoms with E-state index in [0.29, 0.717) is 38.5 Å². The predicted molar refractivity (Wildman–Crippen MR) is 324 cm³/mol. The van der Waals surface area contributed by atoms with Crippen LogP contribution in [0, 0.1) is 0 Å². The number of rotatable bonds is 13. The molecular weight excluding hydrogens is 1090 g/mol. The van der Waals surface area contributed by atoms with Crippen LogP contribution in [0.25, 0.3) is 0 Å². The molecule has 0 saturated carbocycles. The number of ether oxygens (including phenoxy) is 2. The fraction of sp³-hybridized carbons (Fsp3) is 0.123. The number of amides is 1. The quantitative estimate of drug-likeness (QED) is 0.0568. The number of H-pyrrole nitrogens is 1. The number of carbonyl (C=O) groups excluding carboxylic acids is 2. The first-order chi connectivity index (χ1) is 42.1. The Bertz CT molecular complexity index is 4040. The number of nitrogens with one attached hydrogen (secondary N) is 2. The van der Waals surface area contributed by atoms with Gasteiger partial charge in [0.2, 0.25) is 0 Å². The summed E-state index contributed by atoms with van der Waals surface area (Å²) in [6, 6.07) is 60.3. The molecule has 0 fully saturated rings. The van der Waals surface area contributed by atoms with Gasteiger partial charge in [-0.15, -0.1) is 0 Å². The second-order valence-corrected chi connectivity index (χ2v) is 17.8. The van der Waals surface area contributed by atoms with Crippen LogP contribution in [0.3, 0.4) is 0 Å². The maximum absolute atomic E-state index is 12.4. The van der Waals surface area contributed by atoms with Gasteiger partial charge in [0.15, 0.2) is 28.7 Å². The lowest BCUT2D eigenvalue weighted by molar-refractivity contribution is 0.0596. The zero-order valence-corrected chi connectivity index (χ0v) is 46.2. The normalized spacial score (nSPS) is 10.2. The molecule has 0 aliphatic heterocycles. The Labute approximate surface area is 491 Å². The van der Waals surface area contributed by atoms with Crippen LogP contribution in [0.1, 0.15) is 51.3 Å². The van der Waals surface area contributed by atoms with E-state index in [0.717, 1.165) is 27.8 Å². The maximum Gasteiger partial charge on any atom is 0.341 e. The van der Waals surface area contributed by atoms with Gasteiger partial charge >= 0.3 is 5.97 Å². The molecule has 10 aromatic rings. The summed E-state index contributed by atoms with van der Waals surface area (Å²) in [5.41, 5.74) is 7.10. The first-order valence-electron chi connectivity index (χ1n) is 27.3. The number of methoxy groups -OCH3 is 1. The predicted octanol–water partition coefficient (Wildman–Crippen LogP) is 7.08. The summed E-state index contributed by atoms with van der Waals surface area (Å²) < 4.78 is 28.8. The first kappa shape index (κ1) is 61.4. The SMILES string of the molecule is COC(=O)c1ccn(Cc2ccccc2)c(=O)c1O.O=c1[nH]cccc1O.O=c1c(O)cccn1Cc1ccccc1.O=c1c(OCc2ccccc2)cccn1Cc1ccccc1.[3H]CN.[3H]CNC(=O)c1ccn(Cc2ccccc2)c(=O)c1O. The Balaban J connectivity index is 0.000000201. The third kappa shape index (κ3) is 20.1. The maximum atomic E-state index is 12.4. The van der Waals surface area contributed by atoms with E-state index in [1.165, 1.54) is 63.7 Å². The van der Waals surface area contributed by atoms with E-state index in [2.05, 4.69) is 20.8 Å². The summed E-state index contributed by atoms with van der Waals surface area (Å²) in [7, 11) is 0.878. The third-order valence-electron chi connectivity index (χ3n) is 11.9. The zero-order valence-electron chi connectivity index (χ0n) is 48.2. The summed E-state index contributed by atoms with van der Waals surface area (Å²) >= 11 is 0. The highest BCUT2D eigenvalue weighted by atomic mass is 16.5. The molecule has 0 radical (unpaired) electrons. The highest BCUT2D eigenvalue weighted by Crippen LogP contribution is 2.15. The molecule has 85 heavy (non-hydrogen) atoms. The fourth-order valence-corrected chi connectivity index (χ4v) is 7.59. The highest BCUT2D eigenvalue weighted by molar-refractivity contribution is 5.96. The van der Waals surface area contributed by atoms with Crippen LogP contribution in [0.15, 0.2) is 255 Å². The zero-order chi connectivity index (χ0) is 62.9. The topological polar surface area (TPSA) is 292 Å². The highest BCUT2D eigenvalue weighted by Gasteiger charge is 2.17. The molecule has 1 amide bonds. The molecular formula is C65H65N7O13. The lowest BCUT2D eigenvalue weighted by Gasteiger charge is -2.09. The second kappa shape index (κ2) is 34.1. The number of aromatic nitrogens is 5. The molecule has 0 aliphatic carbocycles. The number of nitrogens with two attached hydrogens (primary N) is 1. The molecule has 10 rings (SSSR count). The van der Waals surface area contributed by atoms with Crippen LogP contribution >= 0.6 is 0 Å². The lowest BCUT2D eigenvalue weighted by atomic mass is 10.2. The van der Waals surface area contributed by atoms with Crippen LogP contribution < -0.4 is 43.6 Å². The van der Waals surface area contributed by atoms with Crippen LogP contribution in [0.4, 0.5) is 0 Å². The minimum atomic E-state index is -0.735. The van der Waals surface area contributed by atoms with E-state index in [-0.39, 0.29) is 47.8 Å². The van der Waals surface area contributed by atoms with Gasteiger partial charge in [0, 0.05) is 40.7 Å². The number of aromatic hydroxyl groups is 4. The van der Waals surface area contributed by atoms with E-state index in [4.69, 9.17) is 12.6 Å². The molecule has 0 bridgehead atoms. The van der Waals surface area contributed by atoms with Crippen molar-refractivity contribution in [2.24, 2.45) is 5.73 Å². The molecule has 5 heterocycles. The van der Waals surface area contributed by atoms with Gasteiger partial charge in [-0.2, -0.15) is 0 Å². The summed E-state index contributed by atoms with van der Waals surface area (Å²) in [6.07, 6.45) is 7.82. The lowest BCUT2D eigenvalue weighted by Crippen LogP contribution is -2.25. The molecule has 20 nitrogen and oxygen atoms in total. The number of pyridine rings is 5. The Morgan fingerprint density at radius 3 is 1.28 bits per heavy atom. The average Bonchev–Trinajstić information content (AvgIpc) is 3.74. The van der Waals surface area contributed by atoms with Gasteiger partial charge in [-0.1, -0.05) is 152 Å². The minimum absolute atomic E-state index is 0. The van der Waals surface area contributed by atoms with Crippen LogP contribution in [-0.2, 0) is 37.5 Å². The van der Waals surface area contributed by atoms with Gasteiger partial charge in [-0.05, 0) is 83.4 Å². The van der Waals surface area contributed by atoms with Crippen LogP contribution in [0.5, 0.6) is 28.7 Å². The smallest absolute Gasteiger partial charge is 0.341 e. The monoisotopic (exact) mass is 1160 g/mol. The molecule has 438 valence electrons. The van der Waals surface area contributed by atoms with Gasteiger partial charge in [0.05, 0.1) is 38.9 Å². The Morgan fingerprint density at radius 1 is 0.482 bits per heavy atom. The first-order valence-corrected chi connectivity index (χ1v) is 25.9. The number of hydrogen-bond donors (Lipinski definition) is 7. The van der Waals surface area contributed by atoms with Crippen molar-refractivity contribution in [3.05, 3.63) is 322 Å². The van der Waals surface area contributed by atoms with Crippen LogP contribution in [0.2, 0.25) is 0 Å². The number of hydrogen-bond acceptors (Lipinski definition) is 14. The Kier molecular flexibility index (Phi) is 24.6. The molecule has 8 N–H and O–H groups in total. The molecule has 20 heteroatoms. The van der Waals surface area contributed by atoms with Gasteiger partial charge in [0.25, 0.3) is 33.7 Å². The summed E-state index contributed by atoms with van der Waals surface area (Å²) in [5.74, 6) is -2.65. The summed E-state index contributed by atoms with van der Waals surface area (Å²) in [5, 5.41) is 39.6. The Hall–Kier alpha value is -11.3. The fourth-order valence-electron chi connectivity index (χ4n) is 7.59. The van der Waals surface area contributed by atoms with Crippen molar-refractivity contribution in [2.75, 3.05) is 21.2 Å². The van der Waals surface area contributed by atoms with Crippen molar-refractivity contribution in [3.8, 4) is 28.7 Å². The van der Waals surface area contributed by atoms with Gasteiger partial charge in [-0.3, -0.25) is 28.8 Å². The van der Waals surface area contributed by atoms with Crippen molar-refractivity contribution >= 4 is 11.9 Å². The molecule has 0 unspecified atom stereocenters. The van der Waals surface area contributed by atoms with Crippen molar-refractivity contribution in [1.82, 2.24) is 28.6 Å². The second-order valence-electron chi connectivity index (χ2n) is 17.8. The molecule has 0 aliphatic rings. The third-order valence-corrected chi connectivity index (χ3v) is 11.9. The van der Waals surface area contributed by atoms with Crippen molar-refractivity contribution in [1.29, 1.82) is 0 Å². The van der Waals surface area contributed by atoms with Crippen LogP contribution in [-0.4, -0.2) is 76.7 Å².